The molecular weight excluding hydrogens is 386 g/mol. The van der Waals surface area contributed by atoms with Crippen LogP contribution in [0, 0.1) is 6.92 Å². The molecule has 0 spiro atoms. The van der Waals surface area contributed by atoms with Crippen LogP contribution in [0.1, 0.15) is 72.2 Å². The van der Waals surface area contributed by atoms with E-state index in [4.69, 9.17) is 4.98 Å². The first-order valence-electron chi connectivity index (χ1n) is 9.56. The standard InChI is InChI=1S/C18H20F2N6OS/c1-9-24-25-17(28-9)12-3-2-11(12)14-22-15-13(16(27)23-14)8-21-26(15)10-4-6-18(19,20)7-5-10/h8,10-12H,2-7H2,1H3,(H,22,23,27)/t11?,12-/m1/s1. The molecule has 148 valence electrons. The zero-order chi connectivity index (χ0) is 19.5. The molecule has 1 unspecified atom stereocenters. The minimum absolute atomic E-state index is 0.0866. The number of nitrogens with zero attached hydrogens (tertiary/aromatic N) is 5. The Bertz CT molecular complexity index is 1080. The highest BCUT2D eigenvalue weighted by Gasteiger charge is 2.39. The SMILES string of the molecule is Cc1nnc([C@@H]2CCC2c2nc3c(cnn3C3CCC(F)(F)CC3)c(=O)[nH]2)s1. The lowest BCUT2D eigenvalue weighted by Crippen LogP contribution is -2.28. The second kappa shape index (κ2) is 6.40. The van der Waals surface area contributed by atoms with Crippen LogP contribution in [0.5, 0.6) is 0 Å². The number of nitrogens with one attached hydrogen (secondary N) is 1. The van der Waals surface area contributed by atoms with Crippen molar-refractivity contribution in [3.8, 4) is 0 Å². The van der Waals surface area contributed by atoms with Crippen molar-refractivity contribution in [2.45, 2.75) is 69.2 Å². The van der Waals surface area contributed by atoms with E-state index in [0.29, 0.717) is 29.7 Å². The van der Waals surface area contributed by atoms with E-state index in [1.54, 1.807) is 16.0 Å². The van der Waals surface area contributed by atoms with Crippen molar-refractivity contribution < 1.29 is 8.78 Å². The van der Waals surface area contributed by atoms with Gasteiger partial charge in [-0.1, -0.05) is 0 Å². The van der Waals surface area contributed by atoms with Crippen molar-refractivity contribution in [1.29, 1.82) is 0 Å². The van der Waals surface area contributed by atoms with Gasteiger partial charge in [-0.05, 0) is 32.6 Å². The molecule has 10 heteroatoms. The molecule has 0 amide bonds. The molecule has 7 nitrogen and oxygen atoms in total. The van der Waals surface area contributed by atoms with Gasteiger partial charge in [-0.2, -0.15) is 5.10 Å². The first-order chi connectivity index (χ1) is 13.4. The summed E-state index contributed by atoms with van der Waals surface area (Å²) in [4.78, 5) is 20.2. The van der Waals surface area contributed by atoms with E-state index < -0.39 is 5.92 Å². The van der Waals surface area contributed by atoms with E-state index in [2.05, 4.69) is 20.3 Å². The fourth-order valence-electron chi connectivity index (χ4n) is 4.25. The van der Waals surface area contributed by atoms with Crippen LogP contribution < -0.4 is 5.56 Å². The second-order valence-corrected chi connectivity index (χ2v) is 9.03. The molecule has 5 rings (SSSR count). The van der Waals surface area contributed by atoms with E-state index in [1.807, 2.05) is 6.92 Å². The average Bonchev–Trinajstić information content (AvgIpc) is 3.21. The van der Waals surface area contributed by atoms with Gasteiger partial charge in [-0.15, -0.1) is 21.5 Å². The minimum atomic E-state index is -2.60. The first kappa shape index (κ1) is 17.8. The summed E-state index contributed by atoms with van der Waals surface area (Å²) in [6.45, 7) is 1.92. The van der Waals surface area contributed by atoms with Crippen LogP contribution in [-0.2, 0) is 0 Å². The Morgan fingerprint density at radius 2 is 1.93 bits per heavy atom. The number of rotatable bonds is 3. The summed E-state index contributed by atoms with van der Waals surface area (Å²) < 4.78 is 28.7. The summed E-state index contributed by atoms with van der Waals surface area (Å²) in [6, 6.07) is -0.151. The van der Waals surface area contributed by atoms with Crippen molar-refractivity contribution in [1.82, 2.24) is 29.9 Å². The van der Waals surface area contributed by atoms with Gasteiger partial charge in [0.05, 0.1) is 12.2 Å². The molecule has 28 heavy (non-hydrogen) atoms. The van der Waals surface area contributed by atoms with Gasteiger partial charge < -0.3 is 4.98 Å². The molecule has 3 aromatic heterocycles. The molecule has 2 aliphatic rings. The highest BCUT2D eigenvalue weighted by atomic mass is 32.1. The third-order valence-corrected chi connectivity index (χ3v) is 6.97. The van der Waals surface area contributed by atoms with Crippen molar-refractivity contribution in [3.05, 3.63) is 32.4 Å². The molecule has 2 saturated carbocycles. The van der Waals surface area contributed by atoms with Gasteiger partial charge in [0.1, 0.15) is 21.2 Å². The van der Waals surface area contributed by atoms with E-state index in [1.165, 1.54) is 6.20 Å². The van der Waals surface area contributed by atoms with Crippen molar-refractivity contribution in [2.24, 2.45) is 0 Å². The number of hydrogen-bond donors (Lipinski definition) is 1. The normalized spacial score (nSPS) is 25.1. The third-order valence-electron chi connectivity index (χ3n) is 6.00. The molecule has 1 N–H and O–H groups in total. The topological polar surface area (TPSA) is 89.3 Å². The molecule has 0 radical (unpaired) electrons. The van der Waals surface area contributed by atoms with Crippen molar-refractivity contribution in [3.63, 3.8) is 0 Å². The van der Waals surface area contributed by atoms with E-state index in [-0.39, 0.29) is 36.3 Å². The zero-order valence-corrected chi connectivity index (χ0v) is 16.2. The Kier molecular flexibility index (Phi) is 4.08. The van der Waals surface area contributed by atoms with E-state index in [0.717, 1.165) is 22.9 Å². The summed E-state index contributed by atoms with van der Waals surface area (Å²) in [5, 5.41) is 15.0. The summed E-state index contributed by atoms with van der Waals surface area (Å²) in [7, 11) is 0. The van der Waals surface area contributed by atoms with Crippen LogP contribution in [0.25, 0.3) is 11.0 Å². The monoisotopic (exact) mass is 406 g/mol. The van der Waals surface area contributed by atoms with Gasteiger partial charge in [0.2, 0.25) is 5.92 Å². The molecule has 3 aromatic rings. The van der Waals surface area contributed by atoms with Gasteiger partial charge in [-0.25, -0.2) is 18.4 Å². The summed E-state index contributed by atoms with van der Waals surface area (Å²) >= 11 is 1.57. The highest BCUT2D eigenvalue weighted by Crippen LogP contribution is 2.48. The van der Waals surface area contributed by atoms with Crippen LogP contribution in [-0.4, -0.2) is 35.9 Å². The van der Waals surface area contributed by atoms with Gasteiger partial charge in [0, 0.05) is 24.7 Å². The molecule has 0 saturated heterocycles. The highest BCUT2D eigenvalue weighted by molar-refractivity contribution is 7.11. The van der Waals surface area contributed by atoms with Gasteiger partial charge in [0.25, 0.3) is 5.56 Å². The number of hydrogen-bond acceptors (Lipinski definition) is 6. The maximum absolute atomic E-state index is 13.5. The van der Waals surface area contributed by atoms with E-state index in [9.17, 15) is 13.6 Å². The molecule has 0 bridgehead atoms. The number of fused-ring (bicyclic) bond motifs is 1. The Labute approximate surface area is 163 Å². The Hall–Kier alpha value is -2.23. The molecule has 2 atom stereocenters. The number of aromatic amines is 1. The van der Waals surface area contributed by atoms with Crippen molar-refractivity contribution >= 4 is 22.4 Å². The van der Waals surface area contributed by atoms with Crippen molar-refractivity contribution in [2.75, 3.05) is 0 Å². The summed E-state index contributed by atoms with van der Waals surface area (Å²) in [5.74, 6) is -1.68. The lowest BCUT2D eigenvalue weighted by Gasteiger charge is -2.34. The molecular formula is C18H20F2N6OS. The maximum atomic E-state index is 13.5. The van der Waals surface area contributed by atoms with Gasteiger partial charge >= 0.3 is 0 Å². The predicted molar refractivity (Wildman–Crippen MR) is 100.0 cm³/mol. The molecule has 3 heterocycles. The smallest absolute Gasteiger partial charge is 0.262 e. The largest absolute Gasteiger partial charge is 0.310 e. The molecule has 2 fully saturated rings. The van der Waals surface area contributed by atoms with Crippen LogP contribution in [0.15, 0.2) is 11.0 Å². The molecule has 0 aliphatic heterocycles. The zero-order valence-electron chi connectivity index (χ0n) is 15.4. The number of aryl methyl sites for hydroxylation is 1. The Balaban J connectivity index is 1.49. The summed E-state index contributed by atoms with van der Waals surface area (Å²) in [6.07, 6.45) is 3.75. The third kappa shape index (κ3) is 2.94. The number of alkyl halides is 2. The molecule has 2 aliphatic carbocycles. The Morgan fingerprint density at radius 1 is 1.18 bits per heavy atom. The van der Waals surface area contributed by atoms with Crippen LogP contribution >= 0.6 is 11.3 Å². The van der Waals surface area contributed by atoms with Crippen LogP contribution in [0.3, 0.4) is 0 Å². The Morgan fingerprint density at radius 3 is 2.57 bits per heavy atom. The molecule has 0 aromatic carbocycles. The summed E-state index contributed by atoms with van der Waals surface area (Å²) in [5.41, 5.74) is 0.263. The predicted octanol–water partition coefficient (Wildman–Crippen LogP) is 3.69. The minimum Gasteiger partial charge on any atom is -0.310 e. The quantitative estimate of drug-likeness (QED) is 0.717. The van der Waals surface area contributed by atoms with E-state index >= 15 is 0 Å². The van der Waals surface area contributed by atoms with Gasteiger partial charge in [-0.3, -0.25) is 4.79 Å². The number of aromatic nitrogens is 6. The fraction of sp³-hybridized carbons (Fsp3) is 0.611. The first-order valence-corrected chi connectivity index (χ1v) is 10.4. The lowest BCUT2D eigenvalue weighted by molar-refractivity contribution is -0.0446. The maximum Gasteiger partial charge on any atom is 0.262 e. The average molecular weight is 406 g/mol. The number of halogens is 2. The van der Waals surface area contributed by atoms with Gasteiger partial charge in [0.15, 0.2) is 5.65 Å². The van der Waals surface area contributed by atoms with Crippen LogP contribution in [0.4, 0.5) is 8.78 Å². The van der Waals surface area contributed by atoms with Crippen LogP contribution in [0.2, 0.25) is 0 Å². The fourth-order valence-corrected chi connectivity index (χ4v) is 5.15. The lowest BCUT2D eigenvalue weighted by atomic mass is 9.73. The number of H-pyrrole nitrogens is 1. The second-order valence-electron chi connectivity index (χ2n) is 7.81.